The molecule has 9 rings (SSSR count). The number of hydrogen-bond donors (Lipinski definition) is 0. The monoisotopic (exact) mass is 557 g/mol. The highest BCUT2D eigenvalue weighted by molar-refractivity contribution is 7.27. The molecule has 0 aliphatic rings. The summed E-state index contributed by atoms with van der Waals surface area (Å²) < 4.78 is 7.79. The van der Waals surface area contributed by atoms with Crippen LogP contribution in [0.4, 0.5) is 0 Å². The standard InChI is InChI=1S/C38H23NS2/c1-2-11-25(12-3-1)39-33-19-8-6-16-31(33)38-36(39)32-23-24(21-22-35(32)41-38)26-13-4-5-14-27(26)29-17-10-18-30-28-15-7-9-20-34(28)40-37(29)30/h1-23H. The molecule has 3 heteroatoms. The van der Waals surface area contributed by atoms with Gasteiger partial charge in [-0.05, 0) is 53.1 Å². The zero-order valence-corrected chi connectivity index (χ0v) is 23.7. The maximum absolute atomic E-state index is 2.44. The summed E-state index contributed by atoms with van der Waals surface area (Å²) in [6.45, 7) is 0. The summed E-state index contributed by atoms with van der Waals surface area (Å²) in [4.78, 5) is 0. The molecule has 0 spiro atoms. The fraction of sp³-hybridized carbons (Fsp3) is 0. The topological polar surface area (TPSA) is 4.93 Å². The van der Waals surface area contributed by atoms with E-state index in [1.165, 1.54) is 79.3 Å². The fourth-order valence-corrected chi connectivity index (χ4v) is 8.84. The maximum Gasteiger partial charge on any atom is 0.0727 e. The fourth-order valence-electron chi connectivity index (χ4n) is 6.41. The van der Waals surface area contributed by atoms with Crippen LogP contribution < -0.4 is 0 Å². The number of benzene rings is 6. The third kappa shape index (κ3) is 3.40. The van der Waals surface area contributed by atoms with Crippen LogP contribution in [0.1, 0.15) is 0 Å². The Hall–Kier alpha value is -4.70. The van der Waals surface area contributed by atoms with E-state index in [2.05, 4.69) is 144 Å². The van der Waals surface area contributed by atoms with E-state index >= 15 is 0 Å². The van der Waals surface area contributed by atoms with Crippen molar-refractivity contribution in [2.24, 2.45) is 0 Å². The van der Waals surface area contributed by atoms with Gasteiger partial charge >= 0.3 is 0 Å². The van der Waals surface area contributed by atoms with E-state index in [0.29, 0.717) is 0 Å². The van der Waals surface area contributed by atoms with Crippen LogP contribution in [0.2, 0.25) is 0 Å². The molecule has 0 aliphatic heterocycles. The van der Waals surface area contributed by atoms with Gasteiger partial charge in [-0.3, -0.25) is 0 Å². The number of nitrogens with zero attached hydrogens (tertiary/aromatic N) is 1. The minimum absolute atomic E-state index is 1.20. The van der Waals surface area contributed by atoms with Crippen LogP contribution in [0, 0.1) is 0 Å². The molecule has 41 heavy (non-hydrogen) atoms. The second-order valence-electron chi connectivity index (χ2n) is 10.5. The quantitative estimate of drug-likeness (QED) is 0.204. The zero-order valence-electron chi connectivity index (χ0n) is 22.0. The van der Waals surface area contributed by atoms with E-state index in [0.717, 1.165) is 0 Å². The van der Waals surface area contributed by atoms with Crippen molar-refractivity contribution in [1.29, 1.82) is 0 Å². The Bertz CT molecular complexity index is 2420. The molecule has 9 aromatic rings. The van der Waals surface area contributed by atoms with Crippen molar-refractivity contribution in [3.05, 3.63) is 140 Å². The minimum atomic E-state index is 1.20. The van der Waals surface area contributed by atoms with Gasteiger partial charge in [-0.15, -0.1) is 22.7 Å². The van der Waals surface area contributed by atoms with Crippen molar-refractivity contribution in [3.63, 3.8) is 0 Å². The van der Waals surface area contributed by atoms with Gasteiger partial charge in [0, 0.05) is 46.9 Å². The predicted molar refractivity (Wildman–Crippen MR) is 180 cm³/mol. The Morgan fingerprint density at radius 2 is 1.07 bits per heavy atom. The largest absolute Gasteiger partial charge is 0.308 e. The molecule has 0 atom stereocenters. The Morgan fingerprint density at radius 1 is 0.415 bits per heavy atom. The van der Waals surface area contributed by atoms with Crippen LogP contribution in [-0.2, 0) is 0 Å². The molecule has 0 fully saturated rings. The van der Waals surface area contributed by atoms with Crippen LogP contribution in [0.3, 0.4) is 0 Å². The Labute approximate surface area is 245 Å². The molecule has 0 saturated carbocycles. The molecular weight excluding hydrogens is 535 g/mol. The molecular formula is C38H23NS2. The highest BCUT2D eigenvalue weighted by atomic mass is 32.1. The van der Waals surface area contributed by atoms with Crippen molar-refractivity contribution in [1.82, 2.24) is 4.57 Å². The number of rotatable bonds is 3. The number of hydrogen-bond acceptors (Lipinski definition) is 2. The SMILES string of the molecule is c1ccc(-n2c3ccccc3c3sc4ccc(-c5ccccc5-c5cccc6c5sc5ccccc56)cc4c32)cc1. The van der Waals surface area contributed by atoms with Gasteiger partial charge in [0.1, 0.15) is 0 Å². The summed E-state index contributed by atoms with van der Waals surface area (Å²) in [6, 6.07) is 51.0. The average Bonchev–Trinajstić information content (AvgIpc) is 3.70. The van der Waals surface area contributed by atoms with E-state index in [9.17, 15) is 0 Å². The average molecular weight is 558 g/mol. The molecule has 3 heterocycles. The Balaban J connectivity index is 1.32. The summed E-state index contributed by atoms with van der Waals surface area (Å²) in [7, 11) is 0. The normalized spacial score (nSPS) is 11.9. The third-order valence-corrected chi connectivity index (χ3v) is 10.6. The molecule has 0 unspecified atom stereocenters. The number of fused-ring (bicyclic) bond motifs is 8. The van der Waals surface area contributed by atoms with E-state index in [1.807, 2.05) is 22.7 Å². The molecule has 0 saturated heterocycles. The van der Waals surface area contributed by atoms with Gasteiger partial charge in [0.05, 0.1) is 15.7 Å². The van der Waals surface area contributed by atoms with Crippen molar-refractivity contribution in [2.75, 3.05) is 0 Å². The van der Waals surface area contributed by atoms with Crippen LogP contribution in [0.25, 0.3) is 79.3 Å². The smallest absolute Gasteiger partial charge is 0.0727 e. The van der Waals surface area contributed by atoms with Crippen LogP contribution in [0.15, 0.2) is 140 Å². The van der Waals surface area contributed by atoms with Gasteiger partial charge in [0.2, 0.25) is 0 Å². The van der Waals surface area contributed by atoms with Gasteiger partial charge in [0.25, 0.3) is 0 Å². The molecule has 0 N–H and O–H groups in total. The first-order chi connectivity index (χ1) is 20.3. The van der Waals surface area contributed by atoms with Crippen LogP contribution in [0.5, 0.6) is 0 Å². The molecule has 3 aromatic heterocycles. The molecule has 6 aromatic carbocycles. The van der Waals surface area contributed by atoms with Gasteiger partial charge in [-0.1, -0.05) is 103 Å². The molecule has 0 radical (unpaired) electrons. The molecule has 1 nitrogen and oxygen atoms in total. The summed E-state index contributed by atoms with van der Waals surface area (Å²) in [5.41, 5.74) is 8.83. The first kappa shape index (κ1) is 23.0. The third-order valence-electron chi connectivity index (χ3n) is 8.22. The first-order valence-electron chi connectivity index (χ1n) is 13.9. The Morgan fingerprint density at radius 3 is 1.98 bits per heavy atom. The van der Waals surface area contributed by atoms with E-state index in [-0.39, 0.29) is 0 Å². The summed E-state index contributed by atoms with van der Waals surface area (Å²) in [5.74, 6) is 0. The van der Waals surface area contributed by atoms with Crippen molar-refractivity contribution < 1.29 is 0 Å². The lowest BCUT2D eigenvalue weighted by Crippen LogP contribution is -1.93. The van der Waals surface area contributed by atoms with Crippen molar-refractivity contribution >= 4 is 74.1 Å². The highest BCUT2D eigenvalue weighted by Crippen LogP contribution is 2.46. The van der Waals surface area contributed by atoms with Gasteiger partial charge < -0.3 is 4.57 Å². The van der Waals surface area contributed by atoms with E-state index in [4.69, 9.17) is 0 Å². The number of para-hydroxylation sites is 2. The van der Waals surface area contributed by atoms with E-state index < -0.39 is 0 Å². The molecule has 192 valence electrons. The lowest BCUT2D eigenvalue weighted by molar-refractivity contribution is 1.19. The van der Waals surface area contributed by atoms with Crippen LogP contribution >= 0.6 is 22.7 Å². The van der Waals surface area contributed by atoms with Crippen molar-refractivity contribution in [3.8, 4) is 27.9 Å². The lowest BCUT2D eigenvalue weighted by atomic mass is 9.93. The maximum atomic E-state index is 2.44. The summed E-state index contributed by atoms with van der Waals surface area (Å²) in [6.07, 6.45) is 0. The van der Waals surface area contributed by atoms with E-state index in [1.54, 1.807) is 0 Å². The van der Waals surface area contributed by atoms with Gasteiger partial charge in [-0.25, -0.2) is 0 Å². The van der Waals surface area contributed by atoms with Crippen molar-refractivity contribution in [2.45, 2.75) is 0 Å². The second kappa shape index (κ2) is 8.90. The summed E-state index contributed by atoms with van der Waals surface area (Å²) in [5, 5.41) is 5.28. The zero-order chi connectivity index (χ0) is 26.9. The lowest BCUT2D eigenvalue weighted by Gasteiger charge is -2.12. The number of aromatic nitrogens is 1. The highest BCUT2D eigenvalue weighted by Gasteiger charge is 2.19. The minimum Gasteiger partial charge on any atom is -0.308 e. The Kier molecular flexibility index (Phi) is 5.00. The summed E-state index contributed by atoms with van der Waals surface area (Å²) >= 11 is 3.79. The molecule has 0 aliphatic carbocycles. The molecule has 0 bridgehead atoms. The van der Waals surface area contributed by atoms with Gasteiger partial charge in [-0.2, -0.15) is 0 Å². The van der Waals surface area contributed by atoms with Crippen LogP contribution in [-0.4, -0.2) is 4.57 Å². The first-order valence-corrected chi connectivity index (χ1v) is 15.5. The second-order valence-corrected chi connectivity index (χ2v) is 12.6. The van der Waals surface area contributed by atoms with Gasteiger partial charge in [0.15, 0.2) is 0 Å². The predicted octanol–water partition coefficient (Wildman–Crippen LogP) is 11.7. The molecule has 0 amide bonds. The number of thiophene rings is 2.